The molecule has 0 heterocycles. The van der Waals surface area contributed by atoms with E-state index in [2.05, 4.69) is 0 Å². The van der Waals surface area contributed by atoms with Gasteiger partial charge in [0, 0.05) is 6.42 Å². The Bertz CT molecular complexity index is 220. The van der Waals surface area contributed by atoms with Gasteiger partial charge in [0.2, 0.25) is 0 Å². The van der Waals surface area contributed by atoms with E-state index in [1.165, 1.54) is 11.8 Å². The Morgan fingerprint density at radius 2 is 1.93 bits per heavy atom. The number of aliphatic carboxylic acids is 1. The second kappa shape index (κ2) is 6.71. The quantitative estimate of drug-likeness (QED) is 0.562. The number of carboxylic acids is 1. The van der Waals surface area contributed by atoms with Crippen molar-refractivity contribution in [3.8, 4) is 0 Å². The van der Waals surface area contributed by atoms with E-state index in [4.69, 9.17) is 9.84 Å². The van der Waals surface area contributed by atoms with Gasteiger partial charge in [-0.3, -0.25) is 9.59 Å². The predicted octanol–water partition coefficient (Wildman–Crippen LogP) is 1.93. The van der Waals surface area contributed by atoms with E-state index in [-0.39, 0.29) is 18.1 Å². The first-order chi connectivity index (χ1) is 6.81. The zero-order valence-electron chi connectivity index (χ0n) is 9.41. The van der Waals surface area contributed by atoms with Crippen molar-refractivity contribution in [2.24, 2.45) is 0 Å². The molecule has 0 aliphatic rings. The molecule has 5 heteroatoms. The molecule has 0 amide bonds. The highest BCUT2D eigenvalue weighted by Crippen LogP contribution is 2.11. The van der Waals surface area contributed by atoms with Gasteiger partial charge in [0.25, 0.3) is 0 Å². The van der Waals surface area contributed by atoms with E-state index in [0.29, 0.717) is 12.2 Å². The first-order valence-electron chi connectivity index (χ1n) is 4.82. The first kappa shape index (κ1) is 14.3. The van der Waals surface area contributed by atoms with Crippen LogP contribution in [0.15, 0.2) is 0 Å². The molecule has 0 radical (unpaired) electrons. The average molecular weight is 234 g/mol. The molecule has 0 aromatic carbocycles. The molecule has 0 aromatic rings. The minimum atomic E-state index is -0.798. The molecule has 0 aliphatic heterocycles. The van der Waals surface area contributed by atoms with Crippen LogP contribution in [-0.4, -0.2) is 34.2 Å². The van der Waals surface area contributed by atoms with Gasteiger partial charge in [-0.05, 0) is 32.9 Å². The van der Waals surface area contributed by atoms with Gasteiger partial charge in [-0.15, -0.1) is 0 Å². The van der Waals surface area contributed by atoms with Crippen LogP contribution in [0.2, 0.25) is 0 Å². The number of thioether (sulfide) groups is 1. The molecule has 4 nitrogen and oxygen atoms in total. The highest BCUT2D eigenvalue weighted by molar-refractivity contribution is 7.99. The van der Waals surface area contributed by atoms with Crippen molar-refractivity contribution in [2.45, 2.75) is 39.2 Å². The lowest BCUT2D eigenvalue weighted by atomic mass is 10.2. The van der Waals surface area contributed by atoms with E-state index in [9.17, 15) is 9.59 Å². The van der Waals surface area contributed by atoms with Gasteiger partial charge in [-0.1, -0.05) is 0 Å². The molecule has 0 bridgehead atoms. The lowest BCUT2D eigenvalue weighted by Crippen LogP contribution is -2.25. The molecule has 15 heavy (non-hydrogen) atoms. The van der Waals surface area contributed by atoms with Crippen molar-refractivity contribution in [3.63, 3.8) is 0 Å². The van der Waals surface area contributed by atoms with Crippen LogP contribution in [0.1, 0.15) is 33.6 Å². The van der Waals surface area contributed by atoms with Crippen molar-refractivity contribution in [1.29, 1.82) is 0 Å². The maximum atomic E-state index is 11.2. The summed E-state index contributed by atoms with van der Waals surface area (Å²) < 4.78 is 5.09. The molecule has 0 saturated carbocycles. The maximum Gasteiger partial charge on any atom is 0.316 e. The Morgan fingerprint density at radius 1 is 1.33 bits per heavy atom. The van der Waals surface area contributed by atoms with Gasteiger partial charge in [-0.25, -0.2) is 0 Å². The van der Waals surface area contributed by atoms with Crippen molar-refractivity contribution < 1.29 is 19.4 Å². The van der Waals surface area contributed by atoms with Gasteiger partial charge in [0.1, 0.15) is 5.60 Å². The number of carbonyl (C=O) groups is 2. The van der Waals surface area contributed by atoms with Gasteiger partial charge >= 0.3 is 11.9 Å². The Morgan fingerprint density at radius 3 is 2.40 bits per heavy atom. The van der Waals surface area contributed by atoms with Crippen LogP contribution < -0.4 is 0 Å². The predicted molar refractivity (Wildman–Crippen MR) is 60.0 cm³/mol. The lowest BCUT2D eigenvalue weighted by Gasteiger charge is -2.19. The van der Waals surface area contributed by atoms with Gasteiger partial charge in [0.05, 0.1) is 5.75 Å². The summed E-state index contributed by atoms with van der Waals surface area (Å²) in [4.78, 5) is 21.4. The summed E-state index contributed by atoms with van der Waals surface area (Å²) in [5.74, 6) is -0.0849. The second-order valence-corrected chi connectivity index (χ2v) is 5.24. The third-order valence-electron chi connectivity index (χ3n) is 1.32. The Hall–Kier alpha value is -0.710. The summed E-state index contributed by atoms with van der Waals surface area (Å²) in [5, 5.41) is 8.37. The molecule has 0 saturated heterocycles. The van der Waals surface area contributed by atoms with Crippen LogP contribution in [0.3, 0.4) is 0 Å². The zero-order chi connectivity index (χ0) is 11.9. The second-order valence-electron chi connectivity index (χ2n) is 4.14. The number of esters is 1. The smallest absolute Gasteiger partial charge is 0.316 e. The van der Waals surface area contributed by atoms with Gasteiger partial charge < -0.3 is 9.84 Å². The highest BCUT2D eigenvalue weighted by atomic mass is 32.2. The summed E-state index contributed by atoms with van der Waals surface area (Å²) in [5.41, 5.74) is -0.446. The number of ether oxygens (including phenoxy) is 1. The fraction of sp³-hybridized carbons (Fsp3) is 0.800. The number of carbonyl (C=O) groups excluding carboxylic acids is 1. The number of rotatable bonds is 6. The molecular formula is C10H18O4S. The van der Waals surface area contributed by atoms with Crippen molar-refractivity contribution >= 4 is 23.7 Å². The average Bonchev–Trinajstić information content (AvgIpc) is 1.99. The molecule has 0 spiro atoms. The number of hydrogen-bond donors (Lipinski definition) is 1. The molecule has 0 unspecified atom stereocenters. The van der Waals surface area contributed by atoms with Crippen molar-refractivity contribution in [1.82, 2.24) is 0 Å². The lowest BCUT2D eigenvalue weighted by molar-refractivity contribution is -0.151. The molecule has 1 N–H and O–H groups in total. The Labute approximate surface area is 94.4 Å². The van der Waals surface area contributed by atoms with E-state index in [1.54, 1.807) is 0 Å². The number of hydrogen-bond acceptors (Lipinski definition) is 4. The van der Waals surface area contributed by atoms with E-state index >= 15 is 0 Å². The van der Waals surface area contributed by atoms with Crippen LogP contribution >= 0.6 is 11.8 Å². The number of carboxylic acid groups (broad SMARTS) is 1. The highest BCUT2D eigenvalue weighted by Gasteiger charge is 2.15. The zero-order valence-corrected chi connectivity index (χ0v) is 10.2. The molecule has 0 aliphatic carbocycles. The largest absolute Gasteiger partial charge is 0.481 e. The molecule has 0 atom stereocenters. The summed E-state index contributed by atoms with van der Waals surface area (Å²) >= 11 is 1.41. The van der Waals surface area contributed by atoms with E-state index in [1.807, 2.05) is 20.8 Å². The monoisotopic (exact) mass is 234 g/mol. The minimum absolute atomic E-state index is 0.154. The van der Waals surface area contributed by atoms with Crippen LogP contribution in [0.5, 0.6) is 0 Å². The third kappa shape index (κ3) is 11.2. The minimum Gasteiger partial charge on any atom is -0.481 e. The van der Waals surface area contributed by atoms with E-state index < -0.39 is 11.6 Å². The van der Waals surface area contributed by atoms with Crippen LogP contribution in [0.25, 0.3) is 0 Å². The first-order valence-corrected chi connectivity index (χ1v) is 5.98. The summed E-state index contributed by atoms with van der Waals surface area (Å²) in [6.07, 6.45) is 0.740. The molecule has 0 fully saturated rings. The van der Waals surface area contributed by atoms with Gasteiger partial charge in [-0.2, -0.15) is 11.8 Å². The molecule has 88 valence electrons. The van der Waals surface area contributed by atoms with Crippen molar-refractivity contribution in [3.05, 3.63) is 0 Å². The summed E-state index contributed by atoms with van der Waals surface area (Å²) in [6.45, 7) is 5.46. The van der Waals surface area contributed by atoms with Crippen LogP contribution in [-0.2, 0) is 14.3 Å². The Balaban J connectivity index is 3.44. The van der Waals surface area contributed by atoms with Gasteiger partial charge in [0.15, 0.2) is 0 Å². The topological polar surface area (TPSA) is 63.6 Å². The fourth-order valence-electron chi connectivity index (χ4n) is 0.852. The van der Waals surface area contributed by atoms with E-state index in [0.717, 1.165) is 0 Å². The molecule has 0 aromatic heterocycles. The molecule has 0 rings (SSSR count). The maximum absolute atomic E-state index is 11.2. The summed E-state index contributed by atoms with van der Waals surface area (Å²) in [6, 6.07) is 0. The Kier molecular flexibility index (Phi) is 6.40. The summed E-state index contributed by atoms with van der Waals surface area (Å²) in [7, 11) is 0. The van der Waals surface area contributed by atoms with Crippen LogP contribution in [0.4, 0.5) is 0 Å². The standard InChI is InChI=1S/C10H18O4S/c1-10(2,3)14-9(13)7-15-6-4-5-8(11)12/h4-7H2,1-3H3,(H,11,12). The SMILES string of the molecule is CC(C)(C)OC(=O)CSCCCC(=O)O. The fourth-order valence-corrected chi connectivity index (χ4v) is 1.57. The van der Waals surface area contributed by atoms with Crippen LogP contribution in [0, 0.1) is 0 Å². The van der Waals surface area contributed by atoms with Crippen molar-refractivity contribution in [2.75, 3.05) is 11.5 Å². The normalized spacial score (nSPS) is 11.1. The molecular weight excluding hydrogens is 216 g/mol. The third-order valence-corrected chi connectivity index (χ3v) is 2.34.